The molecule has 4 heteroatoms. The van der Waals surface area contributed by atoms with E-state index in [1.54, 1.807) is 12.1 Å². The minimum Gasteiger partial charge on any atom is -0.456 e. The van der Waals surface area contributed by atoms with Gasteiger partial charge in [-0.1, -0.05) is 78.9 Å². The van der Waals surface area contributed by atoms with Gasteiger partial charge in [0.15, 0.2) is 0 Å². The number of allylic oxidation sites excluding steroid dienone is 4. The Morgan fingerprint density at radius 3 is 1.50 bits per heavy atom. The van der Waals surface area contributed by atoms with Gasteiger partial charge in [0.05, 0.1) is 21.5 Å². The Bertz CT molecular complexity index is 2760. The zero-order chi connectivity index (χ0) is 32.2. The molecule has 6 aromatic carbocycles. The third-order valence-corrected chi connectivity index (χ3v) is 9.28. The summed E-state index contributed by atoms with van der Waals surface area (Å²) in [5.74, 6) is 0. The minimum atomic E-state index is -0.0985. The Morgan fingerprint density at radius 2 is 0.896 bits per heavy atom. The highest BCUT2D eigenvalue weighted by molar-refractivity contribution is 5.96. The van der Waals surface area contributed by atoms with Gasteiger partial charge in [0.25, 0.3) is 0 Å². The van der Waals surface area contributed by atoms with Crippen LogP contribution in [0.4, 0.5) is 0 Å². The van der Waals surface area contributed by atoms with Gasteiger partial charge in [-0.3, -0.25) is 9.59 Å². The highest BCUT2D eigenvalue weighted by Crippen LogP contribution is 2.35. The number of rotatable bonds is 4. The van der Waals surface area contributed by atoms with Crippen LogP contribution in [0.1, 0.15) is 18.4 Å². The summed E-state index contributed by atoms with van der Waals surface area (Å²) in [5, 5.41) is 2.04. The van der Waals surface area contributed by atoms with Crippen LogP contribution in [0, 0.1) is 0 Å². The highest BCUT2D eigenvalue weighted by Gasteiger charge is 2.15. The molecule has 0 fully saturated rings. The van der Waals surface area contributed by atoms with Crippen LogP contribution in [0.3, 0.4) is 0 Å². The van der Waals surface area contributed by atoms with Crippen LogP contribution in [-0.4, -0.2) is 0 Å². The highest BCUT2D eigenvalue weighted by atomic mass is 16.3. The monoisotopic (exact) mass is 620 g/mol. The normalized spacial score (nSPS) is 13.0. The van der Waals surface area contributed by atoms with Gasteiger partial charge < -0.3 is 8.83 Å². The van der Waals surface area contributed by atoms with Gasteiger partial charge >= 0.3 is 0 Å². The lowest BCUT2D eigenvalue weighted by atomic mass is 9.91. The van der Waals surface area contributed by atoms with Gasteiger partial charge in [0, 0.05) is 0 Å². The largest absolute Gasteiger partial charge is 0.456 e. The molecule has 9 rings (SSSR count). The van der Waals surface area contributed by atoms with Crippen molar-refractivity contribution in [3.05, 3.63) is 172 Å². The molecule has 0 N–H and O–H groups in total. The first kappa shape index (κ1) is 28.0. The smallest absolute Gasteiger partial charge is 0.200 e. The molecule has 0 aliphatic heterocycles. The Labute approximate surface area is 275 Å². The molecule has 0 amide bonds. The van der Waals surface area contributed by atoms with Crippen molar-refractivity contribution < 1.29 is 8.83 Å². The van der Waals surface area contributed by atoms with E-state index in [9.17, 15) is 9.59 Å². The number of fused-ring (bicyclic) bond motifs is 4. The summed E-state index contributed by atoms with van der Waals surface area (Å²) in [7, 11) is 0. The van der Waals surface area contributed by atoms with E-state index in [-0.39, 0.29) is 10.9 Å². The van der Waals surface area contributed by atoms with Gasteiger partial charge in [-0.05, 0) is 124 Å². The predicted octanol–water partition coefficient (Wildman–Crippen LogP) is 10.9. The average Bonchev–Trinajstić information content (AvgIpc) is 3.15. The zero-order valence-electron chi connectivity index (χ0n) is 25.9. The van der Waals surface area contributed by atoms with Crippen LogP contribution in [-0.2, 0) is 0 Å². The second-order valence-electron chi connectivity index (χ2n) is 12.3. The topological polar surface area (TPSA) is 60.4 Å². The Balaban J connectivity index is 1.18. The molecule has 1 aliphatic rings. The summed E-state index contributed by atoms with van der Waals surface area (Å²) in [5.41, 5.74) is 10.2. The molecule has 228 valence electrons. The predicted molar refractivity (Wildman–Crippen MR) is 196 cm³/mol. The third kappa shape index (κ3) is 4.78. The first-order chi connectivity index (χ1) is 23.6. The quantitative estimate of drug-likeness (QED) is 0.184. The van der Waals surface area contributed by atoms with Crippen molar-refractivity contribution >= 4 is 49.5 Å². The molecule has 8 aromatic rings. The maximum Gasteiger partial charge on any atom is 0.200 e. The summed E-state index contributed by atoms with van der Waals surface area (Å²) in [6.07, 6.45) is 8.78. The van der Waals surface area contributed by atoms with Crippen LogP contribution in [0.25, 0.3) is 82.8 Å². The molecule has 0 bridgehead atoms. The van der Waals surface area contributed by atoms with E-state index in [1.807, 2.05) is 72.8 Å². The molecular formula is C44H28O4. The average molecular weight is 621 g/mol. The minimum absolute atomic E-state index is 0.0807. The van der Waals surface area contributed by atoms with Crippen LogP contribution < -0.4 is 10.9 Å². The molecule has 0 radical (unpaired) electrons. The lowest BCUT2D eigenvalue weighted by molar-refractivity contribution is 0.659. The molecule has 0 unspecified atom stereocenters. The summed E-state index contributed by atoms with van der Waals surface area (Å²) in [4.78, 5) is 27.4. The van der Waals surface area contributed by atoms with Gasteiger partial charge in [-0.25, -0.2) is 0 Å². The molecule has 0 spiro atoms. The van der Waals surface area contributed by atoms with E-state index in [1.165, 1.54) is 5.57 Å². The molecule has 48 heavy (non-hydrogen) atoms. The third-order valence-electron chi connectivity index (χ3n) is 9.28. The molecule has 0 atom stereocenters. The fraction of sp³-hybridized carbons (Fsp3) is 0.0455. The molecule has 4 nitrogen and oxygen atoms in total. The Kier molecular flexibility index (Phi) is 6.54. The van der Waals surface area contributed by atoms with Crippen molar-refractivity contribution in [2.75, 3.05) is 0 Å². The fourth-order valence-electron chi connectivity index (χ4n) is 6.78. The zero-order valence-corrected chi connectivity index (χ0v) is 25.9. The van der Waals surface area contributed by atoms with Gasteiger partial charge in [0.2, 0.25) is 10.9 Å². The molecule has 1 aliphatic carbocycles. The van der Waals surface area contributed by atoms with E-state index in [4.69, 9.17) is 8.83 Å². The molecular weight excluding hydrogens is 592 g/mol. The van der Waals surface area contributed by atoms with E-state index in [2.05, 4.69) is 60.7 Å². The van der Waals surface area contributed by atoms with Crippen molar-refractivity contribution in [1.29, 1.82) is 0 Å². The van der Waals surface area contributed by atoms with E-state index in [0.717, 1.165) is 51.8 Å². The second kappa shape index (κ2) is 11.2. The number of para-hydroxylation sites is 1. The molecule has 2 heterocycles. The number of benzene rings is 6. The van der Waals surface area contributed by atoms with Gasteiger partial charge in [0.1, 0.15) is 22.3 Å². The van der Waals surface area contributed by atoms with E-state index < -0.39 is 0 Å². The van der Waals surface area contributed by atoms with Crippen molar-refractivity contribution in [2.45, 2.75) is 12.8 Å². The molecule has 0 saturated heterocycles. The molecule has 0 saturated carbocycles. The standard InChI is InChI=1S/C44H28O4/c45-43-35-13-7-8-14-39(35)47-40-18-15-29(24-36(40)43)30-16-19-41-37(25-30)44(46)38-26-31(17-20-42(38)48-41)34-22-32(27-9-3-1-4-10-27)21-33(23-34)28-11-5-2-6-12-28/h1,3-5,7-26H,2,6H2. The molecule has 2 aromatic heterocycles. The maximum atomic E-state index is 14.1. The van der Waals surface area contributed by atoms with Crippen LogP contribution in [0.2, 0.25) is 0 Å². The fourth-order valence-corrected chi connectivity index (χ4v) is 6.78. The van der Waals surface area contributed by atoms with E-state index >= 15 is 0 Å². The first-order valence-electron chi connectivity index (χ1n) is 16.1. The second-order valence-corrected chi connectivity index (χ2v) is 12.3. The van der Waals surface area contributed by atoms with Crippen molar-refractivity contribution in [3.63, 3.8) is 0 Å². The Hall–Kier alpha value is -6.26. The summed E-state index contributed by atoms with van der Waals surface area (Å²) in [6.45, 7) is 0. The van der Waals surface area contributed by atoms with Crippen LogP contribution in [0.5, 0.6) is 0 Å². The van der Waals surface area contributed by atoms with Crippen LogP contribution >= 0.6 is 0 Å². The number of hydrogen-bond acceptors (Lipinski definition) is 4. The first-order valence-corrected chi connectivity index (χ1v) is 16.1. The SMILES string of the molecule is O=c1c2ccccc2oc2ccc(-c3ccc4oc5ccc(-c6cc(C7=CCCC=C7)cc(-c7ccccc7)c6)cc5c(=O)c4c3)cc12. The Morgan fingerprint density at radius 1 is 0.396 bits per heavy atom. The van der Waals surface area contributed by atoms with Gasteiger partial charge in [-0.2, -0.15) is 0 Å². The van der Waals surface area contributed by atoms with Crippen molar-refractivity contribution in [1.82, 2.24) is 0 Å². The van der Waals surface area contributed by atoms with Crippen molar-refractivity contribution in [2.24, 2.45) is 0 Å². The lowest BCUT2D eigenvalue weighted by Crippen LogP contribution is -2.03. The summed E-state index contributed by atoms with van der Waals surface area (Å²) < 4.78 is 12.3. The van der Waals surface area contributed by atoms with Crippen LogP contribution in [0.15, 0.2) is 164 Å². The van der Waals surface area contributed by atoms with E-state index in [0.29, 0.717) is 43.9 Å². The summed E-state index contributed by atoms with van der Waals surface area (Å²) in [6, 6.07) is 41.3. The summed E-state index contributed by atoms with van der Waals surface area (Å²) >= 11 is 0. The maximum absolute atomic E-state index is 14.1. The lowest BCUT2D eigenvalue weighted by Gasteiger charge is -2.14. The number of hydrogen-bond donors (Lipinski definition) is 0. The van der Waals surface area contributed by atoms with Crippen molar-refractivity contribution in [3.8, 4) is 33.4 Å². The van der Waals surface area contributed by atoms with Gasteiger partial charge in [-0.15, -0.1) is 0 Å².